The summed E-state index contributed by atoms with van der Waals surface area (Å²) in [7, 11) is 1.46. The van der Waals surface area contributed by atoms with Crippen molar-refractivity contribution in [2.24, 2.45) is 5.73 Å². The molecule has 0 spiro atoms. The fourth-order valence-corrected chi connectivity index (χ4v) is 1.30. The Morgan fingerprint density at radius 2 is 1.93 bits per heavy atom. The summed E-state index contributed by atoms with van der Waals surface area (Å²) in [5.74, 6) is 0.519. The highest BCUT2D eigenvalue weighted by Gasteiger charge is 2.38. The van der Waals surface area contributed by atoms with Gasteiger partial charge in [-0.1, -0.05) is 6.07 Å². The second-order valence-corrected chi connectivity index (χ2v) is 3.24. The van der Waals surface area contributed by atoms with E-state index in [1.807, 2.05) is 0 Å². The van der Waals surface area contributed by atoms with Crippen LogP contribution < -0.4 is 10.5 Å². The molecule has 0 fully saturated rings. The molecule has 0 amide bonds. The van der Waals surface area contributed by atoms with Crippen LogP contribution >= 0.6 is 0 Å². The molecule has 5 heteroatoms. The van der Waals surface area contributed by atoms with Gasteiger partial charge in [0.1, 0.15) is 11.8 Å². The third-order valence-electron chi connectivity index (χ3n) is 2.16. The van der Waals surface area contributed by atoms with Gasteiger partial charge in [-0.15, -0.1) is 0 Å². The molecule has 0 saturated carbocycles. The first-order valence-corrected chi connectivity index (χ1v) is 4.33. The predicted octanol–water partition coefficient (Wildman–Crippen LogP) is 2.57. The van der Waals surface area contributed by atoms with Crippen LogP contribution in [-0.4, -0.2) is 13.3 Å². The number of hydrogen-bond acceptors (Lipinski definition) is 2. The van der Waals surface area contributed by atoms with Crippen molar-refractivity contribution in [1.82, 2.24) is 0 Å². The van der Waals surface area contributed by atoms with Crippen LogP contribution in [0.1, 0.15) is 17.2 Å². The number of hydrogen-bond donors (Lipinski definition) is 1. The van der Waals surface area contributed by atoms with E-state index < -0.39 is 12.2 Å². The van der Waals surface area contributed by atoms with E-state index in [1.54, 1.807) is 6.92 Å². The molecule has 0 radical (unpaired) electrons. The second kappa shape index (κ2) is 4.10. The van der Waals surface area contributed by atoms with Crippen LogP contribution in [0.5, 0.6) is 5.75 Å². The Bertz CT molecular complexity index is 349. The van der Waals surface area contributed by atoms with E-state index in [9.17, 15) is 13.2 Å². The molecule has 0 unspecified atom stereocenters. The number of aryl methyl sites for hydroxylation is 1. The molecular weight excluding hydrogens is 207 g/mol. The summed E-state index contributed by atoms with van der Waals surface area (Å²) in [5.41, 5.74) is 5.64. The lowest BCUT2D eigenvalue weighted by molar-refractivity contribution is -0.149. The van der Waals surface area contributed by atoms with Crippen LogP contribution in [0.2, 0.25) is 0 Å². The highest BCUT2D eigenvalue weighted by atomic mass is 19.4. The van der Waals surface area contributed by atoms with Crippen LogP contribution in [0.15, 0.2) is 18.2 Å². The average molecular weight is 219 g/mol. The quantitative estimate of drug-likeness (QED) is 0.829. The molecule has 1 atom stereocenters. The summed E-state index contributed by atoms with van der Waals surface area (Å²) in [5, 5.41) is 0. The third kappa shape index (κ3) is 2.62. The number of halogens is 3. The van der Waals surface area contributed by atoms with Crippen molar-refractivity contribution in [3.63, 3.8) is 0 Å². The zero-order valence-corrected chi connectivity index (χ0v) is 8.43. The van der Waals surface area contributed by atoms with E-state index in [1.165, 1.54) is 25.3 Å². The maximum atomic E-state index is 12.3. The third-order valence-corrected chi connectivity index (χ3v) is 2.16. The maximum absolute atomic E-state index is 12.3. The van der Waals surface area contributed by atoms with Crippen molar-refractivity contribution >= 4 is 0 Å². The minimum Gasteiger partial charge on any atom is -0.497 e. The Balaban J connectivity index is 3.06. The van der Waals surface area contributed by atoms with Crippen LogP contribution in [0, 0.1) is 6.92 Å². The van der Waals surface area contributed by atoms with Gasteiger partial charge in [-0.25, -0.2) is 0 Å². The van der Waals surface area contributed by atoms with Crippen molar-refractivity contribution in [3.8, 4) is 5.75 Å². The molecule has 0 bridgehead atoms. The van der Waals surface area contributed by atoms with Crippen LogP contribution in [0.4, 0.5) is 13.2 Å². The van der Waals surface area contributed by atoms with Crippen molar-refractivity contribution in [1.29, 1.82) is 0 Å². The Labute approximate surface area is 85.8 Å². The van der Waals surface area contributed by atoms with E-state index in [0.29, 0.717) is 11.3 Å². The van der Waals surface area contributed by atoms with Crippen molar-refractivity contribution in [2.45, 2.75) is 19.1 Å². The summed E-state index contributed by atoms with van der Waals surface area (Å²) in [6, 6.07) is 2.39. The standard InChI is InChI=1S/C10H12F3NO/c1-6-5-7(15-2)3-4-8(6)9(14)10(11,12)13/h3-5,9H,14H2,1-2H3/t9-/m1/s1. The van der Waals surface area contributed by atoms with Crippen molar-refractivity contribution in [2.75, 3.05) is 7.11 Å². The van der Waals surface area contributed by atoms with Gasteiger partial charge in [-0.2, -0.15) is 13.2 Å². The van der Waals surface area contributed by atoms with Crippen LogP contribution in [-0.2, 0) is 0 Å². The molecule has 0 aliphatic carbocycles. The van der Waals surface area contributed by atoms with E-state index >= 15 is 0 Å². The zero-order valence-electron chi connectivity index (χ0n) is 8.43. The molecule has 1 aromatic carbocycles. The second-order valence-electron chi connectivity index (χ2n) is 3.24. The number of rotatable bonds is 2. The molecule has 2 N–H and O–H groups in total. The zero-order chi connectivity index (χ0) is 11.6. The molecule has 0 saturated heterocycles. The van der Waals surface area contributed by atoms with Crippen molar-refractivity contribution < 1.29 is 17.9 Å². The van der Waals surface area contributed by atoms with E-state index in [-0.39, 0.29) is 5.56 Å². The Kier molecular flexibility index (Phi) is 3.24. The fraction of sp³-hybridized carbons (Fsp3) is 0.400. The Morgan fingerprint density at radius 3 is 2.33 bits per heavy atom. The maximum Gasteiger partial charge on any atom is 0.407 e. The topological polar surface area (TPSA) is 35.2 Å². The van der Waals surface area contributed by atoms with Gasteiger partial charge in [-0.05, 0) is 30.2 Å². The SMILES string of the molecule is COc1ccc([C@@H](N)C(F)(F)F)c(C)c1. The van der Waals surface area contributed by atoms with Gasteiger partial charge < -0.3 is 10.5 Å². The summed E-state index contributed by atoms with van der Waals surface area (Å²) < 4.78 is 41.9. The lowest BCUT2D eigenvalue weighted by atomic mass is 10.0. The smallest absolute Gasteiger partial charge is 0.407 e. The molecule has 0 heterocycles. The monoisotopic (exact) mass is 219 g/mol. The first-order chi connectivity index (χ1) is 6.86. The fourth-order valence-electron chi connectivity index (χ4n) is 1.30. The van der Waals surface area contributed by atoms with E-state index in [0.717, 1.165) is 0 Å². The normalized spacial score (nSPS) is 13.7. The molecular formula is C10H12F3NO. The first-order valence-electron chi connectivity index (χ1n) is 4.33. The summed E-state index contributed by atoms with van der Waals surface area (Å²) in [6.45, 7) is 1.57. The highest BCUT2D eigenvalue weighted by molar-refractivity contribution is 5.37. The number of ether oxygens (including phenoxy) is 1. The minimum absolute atomic E-state index is 0.0725. The van der Waals surface area contributed by atoms with Gasteiger partial charge in [0.15, 0.2) is 0 Å². The van der Waals surface area contributed by atoms with E-state index in [4.69, 9.17) is 10.5 Å². The first kappa shape index (κ1) is 11.8. The van der Waals surface area contributed by atoms with Gasteiger partial charge in [0.2, 0.25) is 0 Å². The highest BCUT2D eigenvalue weighted by Crippen LogP contribution is 2.33. The molecule has 15 heavy (non-hydrogen) atoms. The number of nitrogens with two attached hydrogens (primary N) is 1. The predicted molar refractivity (Wildman–Crippen MR) is 50.7 cm³/mol. The van der Waals surface area contributed by atoms with E-state index in [2.05, 4.69) is 0 Å². The van der Waals surface area contributed by atoms with Crippen molar-refractivity contribution in [3.05, 3.63) is 29.3 Å². The summed E-state index contributed by atoms with van der Waals surface area (Å²) in [4.78, 5) is 0. The molecule has 0 aromatic heterocycles. The van der Waals surface area contributed by atoms with Crippen LogP contribution in [0.3, 0.4) is 0 Å². The number of alkyl halides is 3. The lowest BCUT2D eigenvalue weighted by Crippen LogP contribution is -2.29. The van der Waals surface area contributed by atoms with Gasteiger partial charge in [0.05, 0.1) is 7.11 Å². The van der Waals surface area contributed by atoms with Gasteiger partial charge in [0.25, 0.3) is 0 Å². The minimum atomic E-state index is -4.42. The number of benzene rings is 1. The summed E-state index contributed by atoms with van der Waals surface area (Å²) in [6.07, 6.45) is -4.42. The molecule has 84 valence electrons. The average Bonchev–Trinajstić information content (AvgIpc) is 2.15. The summed E-state index contributed by atoms with van der Waals surface area (Å²) >= 11 is 0. The molecule has 1 aromatic rings. The van der Waals surface area contributed by atoms with Gasteiger partial charge in [0, 0.05) is 0 Å². The van der Waals surface area contributed by atoms with Gasteiger partial charge >= 0.3 is 6.18 Å². The van der Waals surface area contributed by atoms with Crippen LogP contribution in [0.25, 0.3) is 0 Å². The molecule has 0 aliphatic rings. The molecule has 0 aliphatic heterocycles. The Morgan fingerprint density at radius 1 is 1.33 bits per heavy atom. The Hall–Kier alpha value is -1.23. The van der Waals surface area contributed by atoms with Gasteiger partial charge in [-0.3, -0.25) is 0 Å². The number of methoxy groups -OCH3 is 1. The molecule has 2 nitrogen and oxygen atoms in total. The lowest BCUT2D eigenvalue weighted by Gasteiger charge is -2.18. The largest absolute Gasteiger partial charge is 0.497 e. The molecule has 1 rings (SSSR count).